The second kappa shape index (κ2) is 12.7. The first-order valence-corrected chi connectivity index (χ1v) is 13.9. The van der Waals surface area contributed by atoms with Crippen molar-refractivity contribution in [3.63, 3.8) is 0 Å². The van der Waals surface area contributed by atoms with E-state index in [1.54, 1.807) is 11.8 Å². The molecule has 0 saturated heterocycles. The highest BCUT2D eigenvalue weighted by molar-refractivity contribution is 7.98. The van der Waals surface area contributed by atoms with E-state index in [1.165, 1.54) is 11.8 Å². The summed E-state index contributed by atoms with van der Waals surface area (Å²) in [5.74, 6) is -0.459. The second-order valence-electron chi connectivity index (χ2n) is 7.98. The van der Waals surface area contributed by atoms with Crippen molar-refractivity contribution in [1.29, 1.82) is 0 Å². The molecule has 34 heavy (non-hydrogen) atoms. The molecule has 0 aromatic heterocycles. The van der Waals surface area contributed by atoms with Crippen molar-refractivity contribution in [1.82, 2.24) is 10.6 Å². The van der Waals surface area contributed by atoms with Crippen molar-refractivity contribution in [2.45, 2.75) is 30.8 Å². The first-order chi connectivity index (χ1) is 16.5. The molecule has 9 heteroatoms. The maximum absolute atomic E-state index is 12.8. The number of carboxylic acid groups (broad SMARTS) is 1. The van der Waals surface area contributed by atoms with Gasteiger partial charge in [0.1, 0.15) is 18.7 Å². The molecule has 2 amide bonds. The molecule has 0 fully saturated rings. The van der Waals surface area contributed by atoms with Gasteiger partial charge in [-0.2, -0.15) is 23.5 Å². The summed E-state index contributed by atoms with van der Waals surface area (Å²) in [4.78, 5) is 37.0. The minimum Gasteiger partial charge on any atom is -0.480 e. The Morgan fingerprint density at radius 3 is 1.94 bits per heavy atom. The Hall–Kier alpha value is -2.65. The van der Waals surface area contributed by atoms with Crippen LogP contribution in [0.15, 0.2) is 48.5 Å². The molecule has 1 unspecified atom stereocenters. The summed E-state index contributed by atoms with van der Waals surface area (Å²) in [5, 5.41) is 14.6. The number of thioether (sulfide) groups is 2. The third kappa shape index (κ3) is 6.48. The van der Waals surface area contributed by atoms with Gasteiger partial charge in [-0.05, 0) is 59.1 Å². The summed E-state index contributed by atoms with van der Waals surface area (Å²) < 4.78 is 5.56. The average Bonchev–Trinajstić information content (AvgIpc) is 3.16. The lowest BCUT2D eigenvalue weighted by molar-refractivity contribution is -0.142. The fraction of sp³-hybridized carbons (Fsp3) is 0.400. The Bertz CT molecular complexity index is 971. The third-order valence-electron chi connectivity index (χ3n) is 5.79. The van der Waals surface area contributed by atoms with Crippen LogP contribution in [0.3, 0.4) is 0 Å². The minimum absolute atomic E-state index is 0.0837. The molecule has 2 atom stereocenters. The molecule has 3 N–H and O–H groups in total. The van der Waals surface area contributed by atoms with Gasteiger partial charge in [0.15, 0.2) is 0 Å². The zero-order valence-corrected chi connectivity index (χ0v) is 20.9. The van der Waals surface area contributed by atoms with Crippen LogP contribution in [0, 0.1) is 0 Å². The summed E-state index contributed by atoms with van der Waals surface area (Å²) in [6, 6.07) is 14.2. The molecule has 7 nitrogen and oxygen atoms in total. The van der Waals surface area contributed by atoms with Crippen LogP contribution in [-0.4, -0.2) is 65.8 Å². The van der Waals surface area contributed by atoms with Crippen molar-refractivity contribution >= 4 is 41.5 Å². The van der Waals surface area contributed by atoms with Crippen LogP contribution < -0.4 is 10.6 Å². The summed E-state index contributed by atoms with van der Waals surface area (Å²) >= 11 is 3.05. The number of nitrogens with one attached hydrogen (secondary N) is 2. The van der Waals surface area contributed by atoms with E-state index in [0.29, 0.717) is 24.3 Å². The van der Waals surface area contributed by atoms with Crippen molar-refractivity contribution in [2.75, 3.05) is 30.6 Å². The number of rotatable bonds is 12. The van der Waals surface area contributed by atoms with Crippen LogP contribution >= 0.6 is 23.5 Å². The number of fused-ring (bicyclic) bond motifs is 3. The van der Waals surface area contributed by atoms with Gasteiger partial charge in [-0.25, -0.2) is 9.59 Å². The zero-order chi connectivity index (χ0) is 24.5. The van der Waals surface area contributed by atoms with E-state index in [4.69, 9.17) is 4.74 Å². The van der Waals surface area contributed by atoms with Gasteiger partial charge in [-0.15, -0.1) is 0 Å². The highest BCUT2D eigenvalue weighted by Crippen LogP contribution is 2.44. The van der Waals surface area contributed by atoms with Crippen molar-refractivity contribution in [3.05, 3.63) is 59.7 Å². The number of alkyl carbamates (subject to hydrolysis) is 1. The minimum atomic E-state index is -1.09. The van der Waals surface area contributed by atoms with Gasteiger partial charge in [0, 0.05) is 5.92 Å². The molecule has 0 spiro atoms. The molecule has 0 aliphatic heterocycles. The van der Waals surface area contributed by atoms with Gasteiger partial charge in [0.25, 0.3) is 0 Å². The molecular weight excluding hydrogens is 472 g/mol. The molecule has 182 valence electrons. The lowest BCUT2D eigenvalue weighted by Crippen LogP contribution is -2.52. The predicted octanol–water partition coefficient (Wildman–Crippen LogP) is 3.97. The molecule has 3 rings (SSSR count). The Labute approximate surface area is 208 Å². The second-order valence-corrected chi connectivity index (χ2v) is 9.96. The number of carbonyl (C=O) groups excluding carboxylic acids is 2. The van der Waals surface area contributed by atoms with Gasteiger partial charge < -0.3 is 20.5 Å². The van der Waals surface area contributed by atoms with Crippen LogP contribution in [-0.2, 0) is 14.3 Å². The fourth-order valence-corrected chi connectivity index (χ4v) is 5.00. The SMILES string of the molecule is CSCCC(NC(=O)[C@H](CCSC)NC(=O)OCC1c2ccccc2-c2ccccc21)C(=O)O. The molecule has 1 aliphatic rings. The number of ether oxygens (including phenoxy) is 1. The quantitative estimate of drug-likeness (QED) is 0.403. The number of carboxylic acids is 1. The molecule has 2 aromatic rings. The summed E-state index contributed by atoms with van der Waals surface area (Å²) in [7, 11) is 0. The number of carbonyl (C=O) groups is 3. The maximum atomic E-state index is 12.8. The molecular formula is C25H30N2O5S2. The highest BCUT2D eigenvalue weighted by atomic mass is 32.2. The van der Waals surface area contributed by atoms with E-state index in [0.717, 1.165) is 22.3 Å². The van der Waals surface area contributed by atoms with E-state index in [2.05, 4.69) is 22.8 Å². The largest absolute Gasteiger partial charge is 0.480 e. The van der Waals surface area contributed by atoms with Crippen LogP contribution in [0.25, 0.3) is 11.1 Å². The highest BCUT2D eigenvalue weighted by Gasteiger charge is 2.30. The van der Waals surface area contributed by atoms with Crippen LogP contribution in [0.5, 0.6) is 0 Å². The fourth-order valence-electron chi connectivity index (χ4n) is 4.05. The summed E-state index contributed by atoms with van der Waals surface area (Å²) in [5.41, 5.74) is 4.47. The third-order valence-corrected chi connectivity index (χ3v) is 7.08. The Morgan fingerprint density at radius 2 is 1.41 bits per heavy atom. The van der Waals surface area contributed by atoms with Gasteiger partial charge in [-0.3, -0.25) is 4.79 Å². The zero-order valence-electron chi connectivity index (χ0n) is 19.3. The van der Waals surface area contributed by atoms with Crippen LogP contribution in [0.1, 0.15) is 29.9 Å². The average molecular weight is 503 g/mol. The Kier molecular flexibility index (Phi) is 9.71. The molecule has 0 saturated carbocycles. The lowest BCUT2D eigenvalue weighted by atomic mass is 9.98. The van der Waals surface area contributed by atoms with E-state index >= 15 is 0 Å². The number of hydrogen-bond acceptors (Lipinski definition) is 6. The number of benzene rings is 2. The summed E-state index contributed by atoms with van der Waals surface area (Å²) in [6.45, 7) is 0.141. The van der Waals surface area contributed by atoms with Gasteiger partial charge in [0.05, 0.1) is 0 Å². The van der Waals surface area contributed by atoms with Crippen LogP contribution in [0.4, 0.5) is 4.79 Å². The van der Waals surface area contributed by atoms with E-state index in [9.17, 15) is 19.5 Å². The van der Waals surface area contributed by atoms with Gasteiger partial charge in [-0.1, -0.05) is 48.5 Å². The topological polar surface area (TPSA) is 105 Å². The molecule has 0 heterocycles. The molecule has 0 radical (unpaired) electrons. The maximum Gasteiger partial charge on any atom is 0.407 e. The van der Waals surface area contributed by atoms with Crippen LogP contribution in [0.2, 0.25) is 0 Å². The van der Waals surface area contributed by atoms with Crippen molar-refractivity contribution in [2.24, 2.45) is 0 Å². The first-order valence-electron chi connectivity index (χ1n) is 11.1. The standard InChI is InChI=1S/C25H30N2O5S2/c1-33-13-11-21(23(28)26-22(24(29)30)12-14-34-2)27-25(31)32-15-20-18-9-5-3-7-16(18)17-8-4-6-10-19(17)20/h3-10,20-22H,11-15H2,1-2H3,(H,26,28)(H,27,31)(H,29,30)/t21-,22?/m0/s1. The number of amides is 2. The summed E-state index contributed by atoms with van der Waals surface area (Å²) in [6.07, 6.45) is 3.76. The number of hydrogen-bond donors (Lipinski definition) is 3. The normalized spacial score (nSPS) is 13.9. The van der Waals surface area contributed by atoms with Crippen molar-refractivity contribution < 1.29 is 24.2 Å². The van der Waals surface area contributed by atoms with Gasteiger partial charge >= 0.3 is 12.1 Å². The van der Waals surface area contributed by atoms with E-state index in [1.807, 2.05) is 48.9 Å². The molecule has 1 aliphatic carbocycles. The monoisotopic (exact) mass is 502 g/mol. The lowest BCUT2D eigenvalue weighted by Gasteiger charge is -2.22. The molecule has 2 aromatic carbocycles. The van der Waals surface area contributed by atoms with E-state index in [-0.39, 0.29) is 12.5 Å². The Morgan fingerprint density at radius 1 is 0.882 bits per heavy atom. The van der Waals surface area contributed by atoms with Crippen molar-refractivity contribution in [3.8, 4) is 11.1 Å². The first kappa shape index (κ1) is 26.0. The predicted molar refractivity (Wildman–Crippen MR) is 138 cm³/mol. The Balaban J connectivity index is 1.64. The molecule has 0 bridgehead atoms. The van der Waals surface area contributed by atoms with E-state index < -0.39 is 30.1 Å². The smallest absolute Gasteiger partial charge is 0.407 e. The van der Waals surface area contributed by atoms with Gasteiger partial charge in [0.2, 0.25) is 5.91 Å². The number of aliphatic carboxylic acids is 1.